The van der Waals surface area contributed by atoms with Gasteiger partial charge in [0.15, 0.2) is 0 Å². The van der Waals surface area contributed by atoms with E-state index in [2.05, 4.69) is 24.9 Å². The third kappa shape index (κ3) is 2.82. The molecule has 0 atom stereocenters. The Morgan fingerprint density at radius 3 is 2.85 bits per heavy atom. The summed E-state index contributed by atoms with van der Waals surface area (Å²) >= 11 is 0. The van der Waals surface area contributed by atoms with Crippen LogP contribution in [0.2, 0.25) is 0 Å². The molecule has 0 aromatic carbocycles. The monoisotopic (exact) mass is 174 g/mol. The third-order valence-electron chi connectivity index (χ3n) is 1.67. The van der Waals surface area contributed by atoms with E-state index in [0.717, 1.165) is 11.3 Å². The van der Waals surface area contributed by atoms with Gasteiger partial charge in [0.25, 0.3) is 0 Å². The fourth-order valence-electron chi connectivity index (χ4n) is 0.988. The van der Waals surface area contributed by atoms with Crippen LogP contribution in [0.25, 0.3) is 6.08 Å². The molecule has 2 nitrogen and oxygen atoms in total. The van der Waals surface area contributed by atoms with Gasteiger partial charge in [0, 0.05) is 18.0 Å². The molecule has 68 valence electrons. The summed E-state index contributed by atoms with van der Waals surface area (Å²) in [6.45, 7) is 4.24. The van der Waals surface area contributed by atoms with Crippen LogP contribution in [0.3, 0.4) is 0 Å². The van der Waals surface area contributed by atoms with Crippen LogP contribution in [0.4, 0.5) is 0 Å². The van der Waals surface area contributed by atoms with Crippen molar-refractivity contribution in [2.45, 2.75) is 13.8 Å². The Bertz CT molecular complexity index is 314. The van der Waals surface area contributed by atoms with Crippen LogP contribution in [0, 0.1) is 11.3 Å². The van der Waals surface area contributed by atoms with Crippen LogP contribution >= 0.6 is 0 Å². The lowest BCUT2D eigenvalue weighted by molar-refractivity contribution is 0.836. The number of allylic oxidation sites excluding steroid dienone is 1. The number of hydrogen-bond donors (Lipinski definition) is 1. The minimum Gasteiger partial charge on any atom is -0.306 e. The van der Waals surface area contributed by atoms with Crippen molar-refractivity contribution in [2.75, 3.05) is 0 Å². The summed E-state index contributed by atoms with van der Waals surface area (Å²) in [7, 11) is 0. The second-order valence-electron chi connectivity index (χ2n) is 3.23. The van der Waals surface area contributed by atoms with E-state index in [4.69, 9.17) is 5.41 Å². The molecule has 0 radical (unpaired) electrons. The van der Waals surface area contributed by atoms with Crippen molar-refractivity contribution >= 4 is 12.3 Å². The molecule has 1 aromatic heterocycles. The largest absolute Gasteiger partial charge is 0.306 e. The summed E-state index contributed by atoms with van der Waals surface area (Å²) in [4.78, 5) is 4.08. The van der Waals surface area contributed by atoms with Crippen LogP contribution in [-0.2, 0) is 0 Å². The van der Waals surface area contributed by atoms with Crippen molar-refractivity contribution in [3.05, 3.63) is 35.7 Å². The summed E-state index contributed by atoms with van der Waals surface area (Å²) in [6, 6.07) is 3.85. The van der Waals surface area contributed by atoms with Crippen molar-refractivity contribution in [3.63, 3.8) is 0 Å². The molecule has 0 fully saturated rings. The molecule has 0 aliphatic rings. The first-order chi connectivity index (χ1) is 6.24. The first kappa shape index (κ1) is 9.65. The van der Waals surface area contributed by atoms with Crippen LogP contribution in [0.5, 0.6) is 0 Å². The normalized spacial score (nSPS) is 11.0. The Balaban J connectivity index is 2.93. The van der Waals surface area contributed by atoms with Crippen molar-refractivity contribution in [1.29, 1.82) is 5.41 Å². The maximum atomic E-state index is 7.15. The Morgan fingerprint density at radius 1 is 1.46 bits per heavy atom. The number of rotatable bonds is 3. The second kappa shape index (κ2) is 4.55. The zero-order chi connectivity index (χ0) is 9.68. The van der Waals surface area contributed by atoms with E-state index in [1.54, 1.807) is 6.20 Å². The SMILES string of the molecule is CC(C)/C=C\c1cccnc1C=N. The predicted molar refractivity (Wildman–Crippen MR) is 56.0 cm³/mol. The fourth-order valence-corrected chi connectivity index (χ4v) is 0.988. The van der Waals surface area contributed by atoms with Gasteiger partial charge in [-0.1, -0.05) is 32.1 Å². The first-order valence-electron chi connectivity index (χ1n) is 4.37. The number of pyridine rings is 1. The van der Waals surface area contributed by atoms with E-state index in [1.807, 2.05) is 18.2 Å². The lowest BCUT2D eigenvalue weighted by Crippen LogP contribution is -1.90. The van der Waals surface area contributed by atoms with Gasteiger partial charge in [-0.15, -0.1) is 0 Å². The summed E-state index contributed by atoms with van der Waals surface area (Å²) in [5, 5.41) is 7.15. The topological polar surface area (TPSA) is 36.7 Å². The highest BCUT2D eigenvalue weighted by molar-refractivity contribution is 5.80. The minimum atomic E-state index is 0.527. The molecule has 0 amide bonds. The molecular formula is C11H14N2. The zero-order valence-electron chi connectivity index (χ0n) is 7.99. The molecule has 1 aromatic rings. The average Bonchev–Trinajstić information content (AvgIpc) is 2.15. The number of hydrogen-bond acceptors (Lipinski definition) is 2. The molecule has 13 heavy (non-hydrogen) atoms. The quantitative estimate of drug-likeness (QED) is 0.703. The molecule has 1 heterocycles. The van der Waals surface area contributed by atoms with Gasteiger partial charge in [-0.05, 0) is 12.0 Å². The molecule has 2 heteroatoms. The highest BCUT2D eigenvalue weighted by Crippen LogP contribution is 2.07. The first-order valence-corrected chi connectivity index (χ1v) is 4.37. The zero-order valence-corrected chi connectivity index (χ0v) is 7.99. The molecule has 0 spiro atoms. The lowest BCUT2D eigenvalue weighted by Gasteiger charge is -1.98. The Morgan fingerprint density at radius 2 is 2.23 bits per heavy atom. The van der Waals surface area contributed by atoms with Gasteiger partial charge < -0.3 is 5.41 Å². The lowest BCUT2D eigenvalue weighted by atomic mass is 10.1. The van der Waals surface area contributed by atoms with Gasteiger partial charge in [0.05, 0.1) is 5.69 Å². The van der Waals surface area contributed by atoms with Gasteiger partial charge in [-0.25, -0.2) is 0 Å². The van der Waals surface area contributed by atoms with E-state index in [1.165, 1.54) is 6.21 Å². The van der Waals surface area contributed by atoms with Crippen LogP contribution in [-0.4, -0.2) is 11.2 Å². The van der Waals surface area contributed by atoms with Crippen LogP contribution < -0.4 is 0 Å². The van der Waals surface area contributed by atoms with Gasteiger partial charge in [-0.2, -0.15) is 0 Å². The second-order valence-corrected chi connectivity index (χ2v) is 3.23. The van der Waals surface area contributed by atoms with Crippen molar-refractivity contribution in [1.82, 2.24) is 4.98 Å². The maximum absolute atomic E-state index is 7.15. The van der Waals surface area contributed by atoms with Gasteiger partial charge in [0.1, 0.15) is 0 Å². The Kier molecular flexibility index (Phi) is 3.38. The summed E-state index contributed by atoms with van der Waals surface area (Å²) in [5.74, 6) is 0.527. The molecular weight excluding hydrogens is 160 g/mol. The molecule has 0 aliphatic heterocycles. The van der Waals surface area contributed by atoms with E-state index in [9.17, 15) is 0 Å². The van der Waals surface area contributed by atoms with Crippen LogP contribution in [0.15, 0.2) is 24.4 Å². The summed E-state index contributed by atoms with van der Waals surface area (Å²) in [5.41, 5.74) is 1.73. The molecule has 1 rings (SSSR count). The number of aromatic nitrogens is 1. The van der Waals surface area contributed by atoms with Gasteiger partial charge >= 0.3 is 0 Å². The smallest absolute Gasteiger partial charge is 0.0877 e. The minimum absolute atomic E-state index is 0.527. The molecule has 0 bridgehead atoms. The summed E-state index contributed by atoms with van der Waals surface area (Å²) in [6.07, 6.45) is 7.09. The van der Waals surface area contributed by atoms with E-state index in [0.29, 0.717) is 5.92 Å². The Hall–Kier alpha value is -1.44. The molecule has 0 aliphatic carbocycles. The van der Waals surface area contributed by atoms with E-state index < -0.39 is 0 Å². The standard InChI is InChI=1S/C11H14N2/c1-9(2)5-6-10-4-3-7-13-11(10)8-12/h3-9,12H,1-2H3/b6-5-,12-8?. The van der Waals surface area contributed by atoms with E-state index >= 15 is 0 Å². The van der Waals surface area contributed by atoms with Crippen molar-refractivity contribution in [2.24, 2.45) is 5.92 Å². The van der Waals surface area contributed by atoms with Gasteiger partial charge in [0.2, 0.25) is 0 Å². The fraction of sp³-hybridized carbons (Fsp3) is 0.273. The molecule has 0 saturated heterocycles. The predicted octanol–water partition coefficient (Wildman–Crippen LogP) is 2.75. The Labute approximate surface area is 78.8 Å². The van der Waals surface area contributed by atoms with E-state index in [-0.39, 0.29) is 0 Å². The molecule has 1 N–H and O–H groups in total. The highest BCUT2D eigenvalue weighted by atomic mass is 14.7. The summed E-state index contributed by atoms with van der Waals surface area (Å²) < 4.78 is 0. The maximum Gasteiger partial charge on any atom is 0.0877 e. The average molecular weight is 174 g/mol. The highest BCUT2D eigenvalue weighted by Gasteiger charge is 1.95. The molecule has 0 saturated carbocycles. The molecule has 0 unspecified atom stereocenters. The van der Waals surface area contributed by atoms with Crippen LogP contribution in [0.1, 0.15) is 25.1 Å². The number of nitrogens with one attached hydrogen (secondary N) is 1. The van der Waals surface area contributed by atoms with Crippen molar-refractivity contribution < 1.29 is 0 Å². The third-order valence-corrected chi connectivity index (χ3v) is 1.67. The van der Waals surface area contributed by atoms with Gasteiger partial charge in [-0.3, -0.25) is 4.98 Å². The van der Waals surface area contributed by atoms with Crippen molar-refractivity contribution in [3.8, 4) is 0 Å². The number of nitrogens with zero attached hydrogens (tertiary/aromatic N) is 1.